The van der Waals surface area contributed by atoms with E-state index in [1.807, 2.05) is 39.3 Å². The Kier molecular flexibility index (Phi) is 5.53. The lowest BCUT2D eigenvalue weighted by molar-refractivity contribution is 0.439. The summed E-state index contributed by atoms with van der Waals surface area (Å²) in [6.45, 7) is 0. The number of aliphatic imine (C=N–C) groups is 1. The highest BCUT2D eigenvalue weighted by atomic mass is 32.2. The Hall–Kier alpha value is -0.710. The summed E-state index contributed by atoms with van der Waals surface area (Å²) in [7, 11) is 7.61. The Morgan fingerprint density at radius 3 is 2.17 bits per heavy atom. The largest absolute Gasteiger partial charge is 0.369 e. The van der Waals surface area contributed by atoms with Gasteiger partial charge in [0.1, 0.15) is 0 Å². The van der Waals surface area contributed by atoms with Crippen molar-refractivity contribution in [2.45, 2.75) is 0 Å². The van der Waals surface area contributed by atoms with Gasteiger partial charge >= 0.3 is 0 Å². The van der Waals surface area contributed by atoms with Gasteiger partial charge in [-0.1, -0.05) is 11.8 Å². The van der Waals surface area contributed by atoms with Crippen LogP contribution in [0.15, 0.2) is 10.1 Å². The van der Waals surface area contributed by atoms with E-state index in [1.54, 1.807) is 11.3 Å². The lowest BCUT2D eigenvalue weighted by Crippen LogP contribution is -2.10. The van der Waals surface area contributed by atoms with Crippen LogP contribution >= 0.6 is 11.8 Å². The number of nitrogens with zero attached hydrogens (tertiary/aromatic N) is 4. The highest BCUT2D eigenvalue weighted by molar-refractivity contribution is 8.13. The van der Waals surface area contributed by atoms with Crippen molar-refractivity contribution in [3.8, 4) is 0 Å². The summed E-state index contributed by atoms with van der Waals surface area (Å²) >= 11 is 1.52. The van der Waals surface area contributed by atoms with E-state index in [-0.39, 0.29) is 0 Å². The van der Waals surface area contributed by atoms with Gasteiger partial charge in [0.25, 0.3) is 0 Å². The molecule has 0 aliphatic carbocycles. The average molecular weight is 188 g/mol. The number of hydrogen-bond acceptors (Lipinski definition) is 3. The lowest BCUT2D eigenvalue weighted by atomic mass is 10.9. The van der Waals surface area contributed by atoms with Gasteiger partial charge in [-0.15, -0.1) is 0 Å². The van der Waals surface area contributed by atoms with Crippen LogP contribution in [0.25, 0.3) is 0 Å². The lowest BCUT2D eigenvalue weighted by Gasteiger charge is -2.06. The van der Waals surface area contributed by atoms with E-state index in [9.17, 15) is 0 Å². The highest BCUT2D eigenvalue weighted by Gasteiger charge is 1.92. The van der Waals surface area contributed by atoms with Crippen LogP contribution in [0, 0.1) is 0 Å². The molecule has 0 saturated heterocycles. The first-order valence-electron chi connectivity index (χ1n) is 3.56. The van der Waals surface area contributed by atoms with Crippen molar-refractivity contribution in [1.82, 2.24) is 9.91 Å². The van der Waals surface area contributed by atoms with E-state index in [2.05, 4.69) is 10.1 Å². The van der Waals surface area contributed by atoms with Gasteiger partial charge in [0.2, 0.25) is 5.17 Å². The molecule has 0 radical (unpaired) electrons. The number of amidine groups is 1. The molecule has 0 atom stereocenters. The van der Waals surface area contributed by atoms with Crippen molar-refractivity contribution in [1.29, 1.82) is 0 Å². The maximum Gasteiger partial charge on any atom is 0.207 e. The first-order chi connectivity index (χ1) is 5.56. The molecule has 0 aromatic carbocycles. The van der Waals surface area contributed by atoms with E-state index in [0.717, 1.165) is 5.17 Å². The molecule has 0 heterocycles. The Balaban J connectivity index is 4.17. The third-order valence-electron chi connectivity index (χ3n) is 0.867. The molecule has 0 aliphatic heterocycles. The van der Waals surface area contributed by atoms with Gasteiger partial charge in [-0.2, -0.15) is 5.10 Å². The SMILES string of the molecule is CSC(=N\N(C)C)/N=C/N(C)C. The van der Waals surface area contributed by atoms with E-state index < -0.39 is 0 Å². The molecule has 0 amide bonds. The summed E-state index contributed by atoms with van der Waals surface area (Å²) in [5, 5.41) is 6.65. The van der Waals surface area contributed by atoms with Crippen LogP contribution in [-0.2, 0) is 0 Å². The fraction of sp³-hybridized carbons (Fsp3) is 0.714. The van der Waals surface area contributed by atoms with Crippen LogP contribution in [-0.4, -0.2) is 55.9 Å². The van der Waals surface area contributed by atoms with Crippen LogP contribution in [0.3, 0.4) is 0 Å². The van der Waals surface area contributed by atoms with Gasteiger partial charge < -0.3 is 9.91 Å². The fourth-order valence-corrected chi connectivity index (χ4v) is 0.853. The topological polar surface area (TPSA) is 31.2 Å². The number of hydrazone groups is 1. The standard InChI is InChI=1S/C7H16N4S/c1-10(2)6-8-7(12-5)9-11(3)4/h6H,1-5H3/b8-6+,9-7-. The van der Waals surface area contributed by atoms with Crippen LogP contribution in [0.4, 0.5) is 0 Å². The second-order valence-corrected chi connectivity index (χ2v) is 3.42. The molecule has 0 spiro atoms. The molecule has 0 saturated carbocycles. The Morgan fingerprint density at radius 2 is 1.83 bits per heavy atom. The van der Waals surface area contributed by atoms with Crippen LogP contribution in [0.1, 0.15) is 0 Å². The monoisotopic (exact) mass is 188 g/mol. The van der Waals surface area contributed by atoms with E-state index >= 15 is 0 Å². The van der Waals surface area contributed by atoms with E-state index in [4.69, 9.17) is 0 Å². The molecule has 0 bridgehead atoms. The minimum absolute atomic E-state index is 0.758. The van der Waals surface area contributed by atoms with Crippen molar-refractivity contribution in [3.05, 3.63) is 0 Å². The second-order valence-electron chi connectivity index (χ2n) is 2.64. The zero-order valence-corrected chi connectivity index (χ0v) is 9.09. The predicted octanol–water partition coefficient (Wildman–Crippen LogP) is 0.772. The number of thioether (sulfide) groups is 1. The Labute approximate surface area is 78.3 Å². The average Bonchev–Trinajstić information content (AvgIpc) is 1.97. The molecule has 0 aliphatic rings. The number of rotatable bonds is 2. The van der Waals surface area contributed by atoms with E-state index in [0.29, 0.717) is 0 Å². The minimum atomic E-state index is 0.758. The summed E-state index contributed by atoms with van der Waals surface area (Å²) in [5.74, 6) is 0. The van der Waals surface area contributed by atoms with Crippen LogP contribution in [0.5, 0.6) is 0 Å². The molecule has 0 rings (SSSR count). The first kappa shape index (κ1) is 11.3. The molecule has 12 heavy (non-hydrogen) atoms. The molecular formula is C7H16N4S. The third kappa shape index (κ3) is 6.03. The molecule has 0 N–H and O–H groups in total. The summed E-state index contributed by atoms with van der Waals surface area (Å²) in [4.78, 5) is 6.03. The second kappa shape index (κ2) is 5.88. The molecule has 0 fully saturated rings. The van der Waals surface area contributed by atoms with Gasteiger partial charge in [-0.05, 0) is 6.26 Å². The zero-order valence-electron chi connectivity index (χ0n) is 8.27. The van der Waals surface area contributed by atoms with Gasteiger partial charge in [-0.25, -0.2) is 4.99 Å². The summed E-state index contributed by atoms with van der Waals surface area (Å²) in [6, 6.07) is 0. The van der Waals surface area contributed by atoms with Gasteiger partial charge in [-0.3, -0.25) is 0 Å². The number of hydrogen-bond donors (Lipinski definition) is 0. The molecule has 70 valence electrons. The first-order valence-corrected chi connectivity index (χ1v) is 4.79. The van der Waals surface area contributed by atoms with Crippen molar-refractivity contribution < 1.29 is 0 Å². The smallest absolute Gasteiger partial charge is 0.207 e. The van der Waals surface area contributed by atoms with E-state index in [1.165, 1.54) is 11.8 Å². The van der Waals surface area contributed by atoms with Crippen LogP contribution < -0.4 is 0 Å². The molecule has 5 heteroatoms. The maximum absolute atomic E-state index is 4.16. The van der Waals surface area contributed by atoms with Crippen molar-refractivity contribution in [2.24, 2.45) is 10.1 Å². The molecule has 4 nitrogen and oxygen atoms in total. The fourth-order valence-electron chi connectivity index (χ4n) is 0.455. The van der Waals surface area contributed by atoms with Crippen molar-refractivity contribution >= 4 is 23.3 Å². The zero-order chi connectivity index (χ0) is 9.56. The predicted molar refractivity (Wildman–Crippen MR) is 56.8 cm³/mol. The highest BCUT2D eigenvalue weighted by Crippen LogP contribution is 1.99. The maximum atomic E-state index is 4.16. The van der Waals surface area contributed by atoms with Crippen LogP contribution in [0.2, 0.25) is 0 Å². The van der Waals surface area contributed by atoms with Gasteiger partial charge in [0, 0.05) is 28.2 Å². The Bertz CT molecular complexity index is 174. The minimum Gasteiger partial charge on any atom is -0.369 e. The van der Waals surface area contributed by atoms with Gasteiger partial charge in [0.05, 0.1) is 6.34 Å². The Morgan fingerprint density at radius 1 is 1.25 bits per heavy atom. The molecule has 0 unspecified atom stereocenters. The molecule has 0 aromatic rings. The quantitative estimate of drug-likeness (QED) is 0.364. The summed E-state index contributed by atoms with van der Waals surface area (Å²) < 4.78 is 0. The van der Waals surface area contributed by atoms with Crippen molar-refractivity contribution in [2.75, 3.05) is 34.4 Å². The summed E-state index contributed by atoms with van der Waals surface area (Å²) in [6.07, 6.45) is 3.69. The van der Waals surface area contributed by atoms with Gasteiger partial charge in [0.15, 0.2) is 0 Å². The normalized spacial score (nSPS) is 12.2. The van der Waals surface area contributed by atoms with Crippen molar-refractivity contribution in [3.63, 3.8) is 0 Å². The molecule has 0 aromatic heterocycles. The third-order valence-corrected chi connectivity index (χ3v) is 1.42. The molecular weight excluding hydrogens is 172 g/mol. The summed E-state index contributed by atoms with van der Waals surface area (Å²) in [5.41, 5.74) is 0.